The Hall–Kier alpha value is -0.900. The standard InChI is InChI=1S/C21H42N2O2/c1-3-4-5-6-7-8-9-10-11-12-13-17-21(25)23-18-15-14-16-20(22)19(2)24/h20H,3-18,22H2,1-2H3,(H,23,25)/t20-/m0/s1. The van der Waals surface area contributed by atoms with Crippen molar-refractivity contribution >= 4 is 11.7 Å². The maximum atomic E-state index is 11.7. The highest BCUT2D eigenvalue weighted by molar-refractivity contribution is 5.81. The van der Waals surface area contributed by atoms with Crippen LogP contribution in [0.15, 0.2) is 0 Å². The average molecular weight is 355 g/mol. The zero-order valence-corrected chi connectivity index (χ0v) is 16.8. The maximum absolute atomic E-state index is 11.7. The lowest BCUT2D eigenvalue weighted by Gasteiger charge is -2.08. The molecule has 4 nitrogen and oxygen atoms in total. The summed E-state index contributed by atoms with van der Waals surface area (Å²) < 4.78 is 0. The Balaban J connectivity index is 3.24. The van der Waals surface area contributed by atoms with E-state index in [-0.39, 0.29) is 17.7 Å². The van der Waals surface area contributed by atoms with Crippen LogP contribution in [0.1, 0.15) is 110 Å². The fourth-order valence-corrected chi connectivity index (χ4v) is 2.96. The Morgan fingerprint density at radius 2 is 1.32 bits per heavy atom. The molecule has 0 spiro atoms. The third-order valence-electron chi connectivity index (χ3n) is 4.79. The van der Waals surface area contributed by atoms with Gasteiger partial charge in [-0.15, -0.1) is 0 Å². The van der Waals surface area contributed by atoms with Gasteiger partial charge in [0, 0.05) is 13.0 Å². The number of carbonyl (C=O) groups is 2. The second-order valence-corrected chi connectivity index (χ2v) is 7.35. The van der Waals surface area contributed by atoms with E-state index < -0.39 is 0 Å². The molecule has 0 saturated carbocycles. The smallest absolute Gasteiger partial charge is 0.219 e. The van der Waals surface area contributed by atoms with Crippen molar-refractivity contribution in [3.8, 4) is 0 Å². The van der Waals surface area contributed by atoms with Crippen LogP contribution in [0.2, 0.25) is 0 Å². The molecular weight excluding hydrogens is 312 g/mol. The minimum absolute atomic E-state index is 0.0422. The molecule has 3 N–H and O–H groups in total. The molecule has 0 aromatic rings. The van der Waals surface area contributed by atoms with Crippen molar-refractivity contribution in [1.82, 2.24) is 5.32 Å². The first kappa shape index (κ1) is 24.1. The van der Waals surface area contributed by atoms with E-state index in [0.29, 0.717) is 19.4 Å². The SMILES string of the molecule is CCCCCCCCCCCCCC(=O)NCCCC[C@H](N)C(C)=O. The molecule has 4 heteroatoms. The second-order valence-electron chi connectivity index (χ2n) is 7.35. The largest absolute Gasteiger partial charge is 0.356 e. The predicted octanol–water partition coefficient (Wildman–Crippen LogP) is 4.89. The van der Waals surface area contributed by atoms with E-state index in [1.807, 2.05) is 0 Å². The maximum Gasteiger partial charge on any atom is 0.219 e. The number of amides is 1. The molecule has 0 rings (SSSR count). The molecule has 1 amide bonds. The van der Waals surface area contributed by atoms with Gasteiger partial charge in [-0.2, -0.15) is 0 Å². The molecule has 0 heterocycles. The fraction of sp³-hybridized carbons (Fsp3) is 0.905. The van der Waals surface area contributed by atoms with Crippen LogP contribution in [0.3, 0.4) is 0 Å². The molecule has 0 unspecified atom stereocenters. The van der Waals surface area contributed by atoms with Crippen LogP contribution in [0.25, 0.3) is 0 Å². The summed E-state index contributed by atoms with van der Waals surface area (Å²) >= 11 is 0. The van der Waals surface area contributed by atoms with Crippen molar-refractivity contribution in [3.63, 3.8) is 0 Å². The zero-order chi connectivity index (χ0) is 18.8. The van der Waals surface area contributed by atoms with Crippen molar-refractivity contribution in [3.05, 3.63) is 0 Å². The lowest BCUT2D eigenvalue weighted by atomic mass is 10.1. The number of hydrogen-bond donors (Lipinski definition) is 2. The minimum Gasteiger partial charge on any atom is -0.356 e. The van der Waals surface area contributed by atoms with Gasteiger partial charge in [0.15, 0.2) is 0 Å². The molecule has 0 aromatic heterocycles. The Labute approximate surface area is 155 Å². The number of nitrogens with one attached hydrogen (secondary N) is 1. The van der Waals surface area contributed by atoms with Crippen LogP contribution in [0.5, 0.6) is 0 Å². The molecule has 0 aliphatic carbocycles. The Morgan fingerprint density at radius 3 is 1.84 bits per heavy atom. The summed E-state index contributed by atoms with van der Waals surface area (Å²) in [5, 5.41) is 2.96. The number of nitrogens with two attached hydrogens (primary N) is 1. The second kappa shape index (κ2) is 17.9. The summed E-state index contributed by atoms with van der Waals surface area (Å²) in [6.07, 6.45) is 17.5. The van der Waals surface area contributed by atoms with E-state index in [1.54, 1.807) is 0 Å². The van der Waals surface area contributed by atoms with Gasteiger partial charge in [0.2, 0.25) is 5.91 Å². The van der Waals surface area contributed by atoms with Gasteiger partial charge in [-0.05, 0) is 32.6 Å². The molecule has 0 aliphatic rings. The van der Waals surface area contributed by atoms with Crippen LogP contribution in [-0.2, 0) is 9.59 Å². The van der Waals surface area contributed by atoms with Gasteiger partial charge in [0.1, 0.15) is 5.78 Å². The van der Waals surface area contributed by atoms with Crippen molar-refractivity contribution in [2.24, 2.45) is 5.73 Å². The van der Waals surface area contributed by atoms with E-state index in [2.05, 4.69) is 12.2 Å². The predicted molar refractivity (Wildman–Crippen MR) is 107 cm³/mol. The Bertz CT molecular complexity index is 332. The van der Waals surface area contributed by atoms with Gasteiger partial charge in [-0.1, -0.05) is 71.1 Å². The molecule has 0 fully saturated rings. The summed E-state index contributed by atoms with van der Waals surface area (Å²) in [6.45, 7) is 4.48. The molecular formula is C21H42N2O2. The van der Waals surface area contributed by atoms with Gasteiger partial charge in [-0.25, -0.2) is 0 Å². The van der Waals surface area contributed by atoms with Gasteiger partial charge >= 0.3 is 0 Å². The summed E-state index contributed by atoms with van der Waals surface area (Å²) in [7, 11) is 0. The van der Waals surface area contributed by atoms with Crippen molar-refractivity contribution in [1.29, 1.82) is 0 Å². The van der Waals surface area contributed by atoms with Crippen molar-refractivity contribution < 1.29 is 9.59 Å². The molecule has 0 radical (unpaired) electrons. The molecule has 1 atom stereocenters. The topological polar surface area (TPSA) is 72.2 Å². The minimum atomic E-state index is -0.341. The molecule has 0 aromatic carbocycles. The van der Waals surface area contributed by atoms with Gasteiger partial charge in [-0.3, -0.25) is 9.59 Å². The number of carbonyl (C=O) groups excluding carboxylic acids is 2. The quantitative estimate of drug-likeness (QED) is 0.344. The first-order chi connectivity index (χ1) is 12.1. The normalized spacial score (nSPS) is 12.1. The molecule has 148 valence electrons. The highest BCUT2D eigenvalue weighted by Gasteiger charge is 2.07. The van der Waals surface area contributed by atoms with Crippen LogP contribution in [0.4, 0.5) is 0 Å². The van der Waals surface area contributed by atoms with E-state index in [1.165, 1.54) is 64.7 Å². The number of unbranched alkanes of at least 4 members (excludes halogenated alkanes) is 11. The van der Waals surface area contributed by atoms with E-state index in [4.69, 9.17) is 5.73 Å². The number of rotatable bonds is 18. The first-order valence-electron chi connectivity index (χ1n) is 10.6. The number of Topliss-reactive ketones (excluding diaryl/α,β-unsaturated/α-hetero) is 1. The lowest BCUT2D eigenvalue weighted by molar-refractivity contribution is -0.121. The molecule has 0 saturated heterocycles. The van der Waals surface area contributed by atoms with Crippen LogP contribution in [0, 0.1) is 0 Å². The highest BCUT2D eigenvalue weighted by Crippen LogP contribution is 2.11. The van der Waals surface area contributed by atoms with Gasteiger partial charge in [0.25, 0.3) is 0 Å². The van der Waals surface area contributed by atoms with Gasteiger partial charge in [0.05, 0.1) is 6.04 Å². The molecule has 25 heavy (non-hydrogen) atoms. The summed E-state index contributed by atoms with van der Waals surface area (Å²) in [6, 6.07) is -0.341. The Kier molecular flexibility index (Phi) is 17.3. The third kappa shape index (κ3) is 17.7. The molecule has 0 bridgehead atoms. The zero-order valence-electron chi connectivity index (χ0n) is 16.8. The van der Waals surface area contributed by atoms with E-state index in [0.717, 1.165) is 25.7 Å². The van der Waals surface area contributed by atoms with E-state index in [9.17, 15) is 9.59 Å². The number of ketones is 1. The monoisotopic (exact) mass is 354 g/mol. The Morgan fingerprint density at radius 1 is 0.800 bits per heavy atom. The lowest BCUT2D eigenvalue weighted by Crippen LogP contribution is -2.28. The van der Waals surface area contributed by atoms with E-state index >= 15 is 0 Å². The third-order valence-corrected chi connectivity index (χ3v) is 4.79. The fourth-order valence-electron chi connectivity index (χ4n) is 2.96. The first-order valence-corrected chi connectivity index (χ1v) is 10.6. The van der Waals surface area contributed by atoms with Crippen molar-refractivity contribution in [2.45, 2.75) is 116 Å². The summed E-state index contributed by atoms with van der Waals surface area (Å²) in [5.74, 6) is 0.201. The number of hydrogen-bond acceptors (Lipinski definition) is 3. The average Bonchev–Trinajstić information content (AvgIpc) is 2.59. The van der Waals surface area contributed by atoms with Crippen LogP contribution in [-0.4, -0.2) is 24.3 Å². The summed E-state index contributed by atoms with van der Waals surface area (Å²) in [5.41, 5.74) is 5.67. The van der Waals surface area contributed by atoms with Gasteiger partial charge < -0.3 is 11.1 Å². The van der Waals surface area contributed by atoms with Crippen LogP contribution >= 0.6 is 0 Å². The molecule has 0 aliphatic heterocycles. The van der Waals surface area contributed by atoms with Crippen molar-refractivity contribution in [2.75, 3.05) is 6.54 Å². The van der Waals surface area contributed by atoms with Crippen LogP contribution < -0.4 is 11.1 Å². The summed E-state index contributed by atoms with van der Waals surface area (Å²) in [4.78, 5) is 22.7. The highest BCUT2D eigenvalue weighted by atomic mass is 16.1.